The zero-order valence-corrected chi connectivity index (χ0v) is 10.3. The topological polar surface area (TPSA) is 38.3 Å². The van der Waals surface area contributed by atoms with Crippen LogP contribution in [0.4, 0.5) is 0 Å². The fourth-order valence-corrected chi connectivity index (χ4v) is 2.69. The number of alkyl halides is 1. The van der Waals surface area contributed by atoms with E-state index in [1.54, 1.807) is 0 Å². The lowest BCUT2D eigenvalue weighted by molar-refractivity contribution is -0.151. The number of piperidine rings is 1. The minimum absolute atomic E-state index is 0.145. The molecule has 0 aromatic rings. The van der Waals surface area contributed by atoms with E-state index in [2.05, 4.69) is 11.9 Å². The van der Waals surface area contributed by atoms with Gasteiger partial charge in [-0.05, 0) is 32.1 Å². The molecule has 1 saturated carbocycles. The molecule has 2 rings (SSSR count). The SMILES string of the molecule is C=C(CCl)CC1(C(=O)OCC)C[C@H]2C[C@H]2N1. The number of carbonyl (C=O) groups is 1. The Labute approximate surface area is 101 Å². The van der Waals surface area contributed by atoms with Gasteiger partial charge in [0.25, 0.3) is 0 Å². The van der Waals surface area contributed by atoms with Crippen molar-refractivity contribution in [2.45, 2.75) is 37.8 Å². The molecular weight excluding hydrogens is 226 g/mol. The van der Waals surface area contributed by atoms with Crippen molar-refractivity contribution in [3.63, 3.8) is 0 Å². The molecule has 0 amide bonds. The van der Waals surface area contributed by atoms with Crippen LogP contribution in [0.5, 0.6) is 0 Å². The van der Waals surface area contributed by atoms with Gasteiger partial charge in [0.15, 0.2) is 0 Å². The van der Waals surface area contributed by atoms with Crippen molar-refractivity contribution < 1.29 is 9.53 Å². The van der Waals surface area contributed by atoms with Crippen LogP contribution in [0.1, 0.15) is 26.2 Å². The van der Waals surface area contributed by atoms with Crippen LogP contribution in [0, 0.1) is 5.92 Å². The molecule has 1 unspecified atom stereocenters. The van der Waals surface area contributed by atoms with Crippen LogP contribution in [-0.4, -0.2) is 30.0 Å². The molecule has 0 aromatic carbocycles. The zero-order valence-electron chi connectivity index (χ0n) is 9.59. The Morgan fingerprint density at radius 1 is 1.69 bits per heavy atom. The number of nitrogens with one attached hydrogen (secondary N) is 1. The van der Waals surface area contributed by atoms with Gasteiger partial charge in [0.05, 0.1) is 6.61 Å². The molecule has 2 fully saturated rings. The van der Waals surface area contributed by atoms with Gasteiger partial charge in [-0.2, -0.15) is 0 Å². The van der Waals surface area contributed by atoms with E-state index in [1.807, 2.05) is 6.92 Å². The van der Waals surface area contributed by atoms with Gasteiger partial charge in [0.2, 0.25) is 0 Å². The van der Waals surface area contributed by atoms with Crippen molar-refractivity contribution in [2.24, 2.45) is 5.92 Å². The number of hydrogen-bond donors (Lipinski definition) is 1. The van der Waals surface area contributed by atoms with Crippen LogP contribution in [0.3, 0.4) is 0 Å². The van der Waals surface area contributed by atoms with E-state index in [-0.39, 0.29) is 5.97 Å². The number of fused-ring (bicyclic) bond motifs is 1. The van der Waals surface area contributed by atoms with Crippen molar-refractivity contribution in [3.05, 3.63) is 12.2 Å². The normalized spacial score (nSPS) is 35.6. The van der Waals surface area contributed by atoms with E-state index >= 15 is 0 Å². The first-order chi connectivity index (χ1) is 7.61. The number of esters is 1. The highest BCUT2D eigenvalue weighted by molar-refractivity contribution is 6.19. The third kappa shape index (κ3) is 2.11. The van der Waals surface area contributed by atoms with Crippen molar-refractivity contribution in [1.82, 2.24) is 5.32 Å². The summed E-state index contributed by atoms with van der Waals surface area (Å²) < 4.78 is 5.16. The molecule has 1 saturated heterocycles. The van der Waals surface area contributed by atoms with E-state index < -0.39 is 5.54 Å². The molecule has 0 spiro atoms. The minimum atomic E-state index is -0.546. The van der Waals surface area contributed by atoms with E-state index in [1.165, 1.54) is 6.42 Å². The summed E-state index contributed by atoms with van der Waals surface area (Å²) in [6.45, 7) is 6.14. The van der Waals surface area contributed by atoms with Crippen LogP contribution in [0.25, 0.3) is 0 Å². The van der Waals surface area contributed by atoms with Gasteiger partial charge in [-0.15, -0.1) is 11.6 Å². The summed E-state index contributed by atoms with van der Waals surface area (Å²) in [5.41, 5.74) is 0.346. The predicted octanol–water partition coefficient (Wildman–Crippen LogP) is 1.86. The standard InChI is InChI=1S/C12H18ClNO2/c1-3-16-11(15)12(5-8(2)7-13)6-9-4-10(9)14-12/h9-10,14H,2-7H2,1H3/t9-,10-,12?/m1/s1. The Morgan fingerprint density at radius 2 is 2.44 bits per heavy atom. The van der Waals surface area contributed by atoms with Crippen molar-refractivity contribution in [2.75, 3.05) is 12.5 Å². The number of ether oxygens (including phenoxy) is 1. The Hall–Kier alpha value is -0.540. The molecule has 1 N–H and O–H groups in total. The van der Waals surface area contributed by atoms with Crippen molar-refractivity contribution >= 4 is 17.6 Å². The van der Waals surface area contributed by atoms with Gasteiger partial charge in [0, 0.05) is 11.9 Å². The van der Waals surface area contributed by atoms with Crippen LogP contribution >= 0.6 is 11.6 Å². The average molecular weight is 244 g/mol. The summed E-state index contributed by atoms with van der Waals surface area (Å²) >= 11 is 5.74. The summed E-state index contributed by atoms with van der Waals surface area (Å²) in [6.07, 6.45) is 2.66. The monoisotopic (exact) mass is 243 g/mol. The first kappa shape index (κ1) is 11.9. The lowest BCUT2D eigenvalue weighted by Gasteiger charge is -2.29. The fourth-order valence-electron chi connectivity index (χ4n) is 2.59. The number of hydrogen-bond acceptors (Lipinski definition) is 3. The number of rotatable bonds is 5. The molecule has 0 bridgehead atoms. The molecule has 16 heavy (non-hydrogen) atoms. The molecule has 3 nitrogen and oxygen atoms in total. The van der Waals surface area contributed by atoms with E-state index in [9.17, 15) is 4.79 Å². The smallest absolute Gasteiger partial charge is 0.326 e. The fraction of sp³-hybridized carbons (Fsp3) is 0.750. The lowest BCUT2D eigenvalue weighted by atomic mass is 9.88. The maximum Gasteiger partial charge on any atom is 0.326 e. The summed E-state index contributed by atoms with van der Waals surface area (Å²) in [7, 11) is 0. The van der Waals surface area contributed by atoms with Gasteiger partial charge in [-0.25, -0.2) is 0 Å². The maximum atomic E-state index is 12.0. The third-order valence-electron chi connectivity index (χ3n) is 3.40. The van der Waals surface area contributed by atoms with E-state index in [4.69, 9.17) is 16.3 Å². The highest BCUT2D eigenvalue weighted by Crippen LogP contribution is 2.47. The average Bonchev–Trinajstić information content (AvgIpc) is 2.87. The van der Waals surface area contributed by atoms with Crippen molar-refractivity contribution in [1.29, 1.82) is 0 Å². The van der Waals surface area contributed by atoms with Crippen molar-refractivity contribution in [3.8, 4) is 0 Å². The van der Waals surface area contributed by atoms with Gasteiger partial charge in [-0.3, -0.25) is 10.1 Å². The Kier molecular flexibility index (Phi) is 3.27. The molecule has 1 aliphatic carbocycles. The summed E-state index contributed by atoms with van der Waals surface area (Å²) in [6, 6.07) is 0.507. The Balaban J connectivity index is 2.07. The molecular formula is C12H18ClNO2. The Morgan fingerprint density at radius 3 is 2.94 bits per heavy atom. The highest BCUT2D eigenvalue weighted by Gasteiger charge is 2.57. The van der Waals surface area contributed by atoms with Crippen LogP contribution in [0.2, 0.25) is 0 Å². The minimum Gasteiger partial charge on any atom is -0.465 e. The Bertz CT molecular complexity index is 306. The number of halogens is 1. The van der Waals surface area contributed by atoms with Gasteiger partial charge in [0.1, 0.15) is 5.54 Å². The molecule has 4 heteroatoms. The van der Waals surface area contributed by atoms with Gasteiger partial charge in [-0.1, -0.05) is 12.2 Å². The lowest BCUT2D eigenvalue weighted by Crippen LogP contribution is -2.51. The third-order valence-corrected chi connectivity index (χ3v) is 3.78. The first-order valence-electron chi connectivity index (χ1n) is 5.79. The first-order valence-corrected chi connectivity index (χ1v) is 6.32. The molecule has 3 atom stereocenters. The maximum absolute atomic E-state index is 12.0. The summed E-state index contributed by atoms with van der Waals surface area (Å²) in [5.74, 6) is 0.902. The number of carbonyl (C=O) groups excluding carboxylic acids is 1. The predicted molar refractivity (Wildman–Crippen MR) is 63.5 cm³/mol. The highest BCUT2D eigenvalue weighted by atomic mass is 35.5. The quantitative estimate of drug-likeness (QED) is 0.455. The molecule has 0 radical (unpaired) electrons. The van der Waals surface area contributed by atoms with Crippen LogP contribution in [-0.2, 0) is 9.53 Å². The summed E-state index contributed by atoms with van der Waals surface area (Å²) in [5, 5.41) is 3.40. The molecule has 0 aromatic heterocycles. The second-order valence-corrected chi connectivity index (χ2v) is 5.08. The largest absolute Gasteiger partial charge is 0.465 e. The molecule has 90 valence electrons. The molecule has 2 aliphatic rings. The van der Waals surface area contributed by atoms with Crippen LogP contribution < -0.4 is 5.32 Å². The second kappa shape index (κ2) is 4.38. The van der Waals surface area contributed by atoms with Gasteiger partial charge < -0.3 is 4.74 Å². The zero-order chi connectivity index (χ0) is 11.8. The second-order valence-electron chi connectivity index (χ2n) is 4.81. The van der Waals surface area contributed by atoms with Crippen LogP contribution in [0.15, 0.2) is 12.2 Å². The van der Waals surface area contributed by atoms with Gasteiger partial charge >= 0.3 is 5.97 Å². The van der Waals surface area contributed by atoms with E-state index in [0.717, 1.165) is 12.0 Å². The molecule has 1 aliphatic heterocycles. The molecule has 1 heterocycles. The van der Waals surface area contributed by atoms with E-state index in [0.29, 0.717) is 30.9 Å². The summed E-state index contributed by atoms with van der Waals surface area (Å²) in [4.78, 5) is 12.0.